The summed E-state index contributed by atoms with van der Waals surface area (Å²) in [4.78, 5) is 10.4. The van der Waals surface area contributed by atoms with Crippen LogP contribution in [-0.4, -0.2) is 9.97 Å². The number of aromatic nitrogens is 2. The second-order valence-corrected chi connectivity index (χ2v) is 14.4. The van der Waals surface area contributed by atoms with Crippen LogP contribution < -0.4 is 15.9 Å². The molecule has 1 heterocycles. The molecular formula is C42H27N2OP. The minimum atomic E-state index is -3.31. The Balaban J connectivity index is 1.41. The van der Waals surface area contributed by atoms with Crippen LogP contribution in [0.2, 0.25) is 0 Å². The molecule has 0 N–H and O–H groups in total. The van der Waals surface area contributed by atoms with E-state index in [4.69, 9.17) is 9.97 Å². The molecule has 0 radical (unpaired) electrons. The molecule has 9 rings (SSSR count). The molecule has 8 aromatic carbocycles. The molecule has 0 saturated carbocycles. The van der Waals surface area contributed by atoms with Crippen molar-refractivity contribution in [3.05, 3.63) is 164 Å². The smallest absolute Gasteiger partial charge is 0.171 e. The topological polar surface area (TPSA) is 42.9 Å². The fourth-order valence-corrected chi connectivity index (χ4v) is 9.87. The zero-order valence-corrected chi connectivity index (χ0v) is 25.7. The summed E-state index contributed by atoms with van der Waals surface area (Å²) >= 11 is 0. The molecule has 4 heteroatoms. The number of benzene rings is 8. The van der Waals surface area contributed by atoms with Crippen LogP contribution in [0.5, 0.6) is 0 Å². The van der Waals surface area contributed by atoms with Crippen LogP contribution in [0.3, 0.4) is 0 Å². The van der Waals surface area contributed by atoms with Crippen molar-refractivity contribution in [2.24, 2.45) is 0 Å². The second kappa shape index (κ2) is 10.5. The van der Waals surface area contributed by atoms with Gasteiger partial charge in [-0.1, -0.05) is 146 Å². The SMILES string of the molecule is O=P(c1ccccc1)(c1ccccc1)c1cc(-c2ccccc2)c2ccc3nc(-c4cccc5ccccc45)nc4ccc1c2c34. The number of nitrogens with zero attached hydrogens (tertiary/aromatic N) is 2. The largest absolute Gasteiger partial charge is 0.309 e. The third-order valence-electron chi connectivity index (χ3n) is 9.11. The van der Waals surface area contributed by atoms with E-state index in [1.165, 1.54) is 0 Å². The van der Waals surface area contributed by atoms with Crippen LogP contribution >= 0.6 is 7.14 Å². The minimum Gasteiger partial charge on any atom is -0.309 e. The minimum absolute atomic E-state index is 0.699. The first-order valence-corrected chi connectivity index (χ1v) is 17.2. The van der Waals surface area contributed by atoms with Gasteiger partial charge >= 0.3 is 0 Å². The Morgan fingerprint density at radius 3 is 1.67 bits per heavy atom. The highest BCUT2D eigenvalue weighted by atomic mass is 31.2. The summed E-state index contributed by atoms with van der Waals surface area (Å²) in [6, 6.07) is 55.5. The first-order chi connectivity index (χ1) is 22.7. The van der Waals surface area contributed by atoms with E-state index in [-0.39, 0.29) is 0 Å². The molecule has 0 amide bonds. The zero-order chi connectivity index (χ0) is 30.7. The van der Waals surface area contributed by atoms with Gasteiger partial charge in [-0.15, -0.1) is 0 Å². The van der Waals surface area contributed by atoms with Crippen molar-refractivity contribution < 1.29 is 4.57 Å². The highest BCUT2D eigenvalue weighted by Gasteiger charge is 2.33. The highest BCUT2D eigenvalue weighted by molar-refractivity contribution is 7.85. The first-order valence-electron chi connectivity index (χ1n) is 15.4. The normalized spacial score (nSPS) is 12.0. The molecular weight excluding hydrogens is 579 g/mol. The number of rotatable bonds is 5. The Hall–Kier alpha value is -5.63. The van der Waals surface area contributed by atoms with Gasteiger partial charge < -0.3 is 4.57 Å². The van der Waals surface area contributed by atoms with E-state index in [2.05, 4.69) is 97.1 Å². The number of hydrogen-bond donors (Lipinski definition) is 0. The maximum atomic E-state index is 15.9. The average Bonchev–Trinajstić information content (AvgIpc) is 3.14. The molecule has 0 saturated heterocycles. The van der Waals surface area contributed by atoms with E-state index in [9.17, 15) is 0 Å². The van der Waals surface area contributed by atoms with Crippen molar-refractivity contribution in [3.8, 4) is 22.5 Å². The van der Waals surface area contributed by atoms with E-state index in [0.29, 0.717) is 5.82 Å². The molecule has 0 spiro atoms. The molecule has 0 aliphatic rings. The lowest BCUT2D eigenvalue weighted by Crippen LogP contribution is -2.26. The lowest BCUT2D eigenvalue weighted by atomic mass is 9.92. The molecule has 0 bridgehead atoms. The number of hydrogen-bond acceptors (Lipinski definition) is 3. The fourth-order valence-electron chi connectivity index (χ4n) is 6.99. The van der Waals surface area contributed by atoms with Crippen molar-refractivity contribution in [1.82, 2.24) is 9.97 Å². The van der Waals surface area contributed by atoms with Gasteiger partial charge in [0.15, 0.2) is 13.0 Å². The zero-order valence-electron chi connectivity index (χ0n) is 24.8. The fraction of sp³-hybridized carbons (Fsp3) is 0. The average molecular weight is 607 g/mol. The summed E-state index contributed by atoms with van der Waals surface area (Å²) in [5.41, 5.74) is 4.87. The number of fused-ring (bicyclic) bond motifs is 1. The summed E-state index contributed by atoms with van der Waals surface area (Å²) in [7, 11) is -3.31. The van der Waals surface area contributed by atoms with E-state index >= 15 is 4.57 Å². The Bertz CT molecular complexity index is 2530. The lowest BCUT2D eigenvalue weighted by molar-refractivity contribution is 0.592. The second-order valence-electron chi connectivity index (χ2n) is 11.7. The Labute approximate surface area is 266 Å². The van der Waals surface area contributed by atoms with Crippen molar-refractivity contribution in [2.45, 2.75) is 0 Å². The lowest BCUT2D eigenvalue weighted by Gasteiger charge is -2.24. The predicted molar refractivity (Wildman–Crippen MR) is 194 cm³/mol. The van der Waals surface area contributed by atoms with Gasteiger partial charge in [-0.25, -0.2) is 9.97 Å². The van der Waals surface area contributed by atoms with Gasteiger partial charge in [0.25, 0.3) is 0 Å². The van der Waals surface area contributed by atoms with Crippen LogP contribution in [0.25, 0.3) is 65.9 Å². The molecule has 0 atom stereocenters. The molecule has 9 aromatic rings. The Kier molecular flexibility index (Phi) is 6.09. The Morgan fingerprint density at radius 2 is 1.00 bits per heavy atom. The summed E-state index contributed by atoms with van der Waals surface area (Å²) < 4.78 is 15.9. The molecule has 46 heavy (non-hydrogen) atoms. The maximum absolute atomic E-state index is 15.9. The van der Waals surface area contributed by atoms with Crippen LogP contribution in [0, 0.1) is 0 Å². The predicted octanol–water partition coefficient (Wildman–Crippen LogP) is 9.50. The van der Waals surface area contributed by atoms with Gasteiger partial charge in [-0.05, 0) is 50.9 Å². The molecule has 3 nitrogen and oxygen atoms in total. The standard InChI is InChI=1S/C42H27N2OP/c45-46(30-17-6-2-7-18-30,31-19-8-3-9-20-31)39-27-36(29-13-4-1-5-14-29)33-23-25-37-41-38(26-24-35(39)40(33)41)44-42(43-37)34-22-12-16-28-15-10-11-21-32(28)34/h1-27H. The third-order valence-corrected chi connectivity index (χ3v) is 12.2. The van der Waals surface area contributed by atoms with E-state index in [1.54, 1.807) is 0 Å². The monoisotopic (exact) mass is 606 g/mol. The summed E-state index contributed by atoms with van der Waals surface area (Å²) in [5.74, 6) is 0.699. The van der Waals surface area contributed by atoms with Gasteiger partial charge in [0.05, 0.1) is 11.0 Å². The van der Waals surface area contributed by atoms with Gasteiger partial charge in [0.1, 0.15) is 0 Å². The van der Waals surface area contributed by atoms with Crippen LogP contribution in [0.4, 0.5) is 0 Å². The first kappa shape index (κ1) is 26.7. The van der Waals surface area contributed by atoms with E-state index in [1.807, 2.05) is 66.7 Å². The summed E-state index contributed by atoms with van der Waals surface area (Å²) in [6.07, 6.45) is 0. The van der Waals surface area contributed by atoms with Gasteiger partial charge in [0.2, 0.25) is 0 Å². The molecule has 216 valence electrons. The van der Waals surface area contributed by atoms with Gasteiger partial charge in [-0.2, -0.15) is 0 Å². The summed E-state index contributed by atoms with van der Waals surface area (Å²) in [5, 5.41) is 8.82. The maximum Gasteiger partial charge on any atom is 0.171 e. The van der Waals surface area contributed by atoms with Crippen molar-refractivity contribution in [2.75, 3.05) is 0 Å². The Morgan fingerprint density at radius 1 is 0.435 bits per heavy atom. The molecule has 0 unspecified atom stereocenters. The van der Waals surface area contributed by atoms with Crippen molar-refractivity contribution >= 4 is 66.4 Å². The van der Waals surface area contributed by atoms with E-state index < -0.39 is 7.14 Å². The van der Waals surface area contributed by atoms with Gasteiger partial charge in [0, 0.05) is 32.2 Å². The molecule has 0 aliphatic heterocycles. The van der Waals surface area contributed by atoms with Crippen LogP contribution in [-0.2, 0) is 4.57 Å². The summed E-state index contributed by atoms with van der Waals surface area (Å²) in [6.45, 7) is 0. The highest BCUT2D eigenvalue weighted by Crippen LogP contribution is 2.48. The van der Waals surface area contributed by atoms with Crippen molar-refractivity contribution in [1.29, 1.82) is 0 Å². The molecule has 0 aliphatic carbocycles. The van der Waals surface area contributed by atoms with Crippen molar-refractivity contribution in [3.63, 3.8) is 0 Å². The van der Waals surface area contributed by atoms with Crippen LogP contribution in [0.1, 0.15) is 0 Å². The van der Waals surface area contributed by atoms with Gasteiger partial charge in [-0.3, -0.25) is 0 Å². The molecule has 1 aromatic heterocycles. The quantitative estimate of drug-likeness (QED) is 0.145. The molecule has 0 fully saturated rings. The van der Waals surface area contributed by atoms with E-state index in [0.717, 1.165) is 76.0 Å². The van der Waals surface area contributed by atoms with Crippen LogP contribution in [0.15, 0.2) is 164 Å². The third kappa shape index (κ3) is 4.03.